The molecule has 0 unspecified atom stereocenters. The van der Waals surface area contributed by atoms with Gasteiger partial charge in [0, 0.05) is 38.0 Å². The average Bonchev–Trinajstić information content (AvgIpc) is 3.46. The Kier molecular flexibility index (Phi) is 13.8. The number of fused-ring (bicyclic) bond motifs is 6. The molecule has 7 heteroatoms. The van der Waals surface area contributed by atoms with Gasteiger partial charge in [0.05, 0.1) is 5.76 Å². The first-order valence-electron chi connectivity index (χ1n) is 18.8. The second kappa shape index (κ2) is 16.7. The fourth-order valence-corrected chi connectivity index (χ4v) is 41.8. The number of aliphatic hydroxyl groups excluding tert-OH is 1. The number of carbonyl (C=O) groups excluding carboxylic acids is 1. The molecule has 6 rings (SSSR count). The minimum atomic E-state index is -2.05. The van der Waals surface area contributed by atoms with E-state index in [1.165, 1.54) is 48.4 Å². The Balaban J connectivity index is 0.000000312. The summed E-state index contributed by atoms with van der Waals surface area (Å²) in [7, 11) is 0. The molecule has 0 spiro atoms. The maximum atomic E-state index is 11.7. The number of ketones is 1. The zero-order valence-electron chi connectivity index (χ0n) is 32.7. The summed E-state index contributed by atoms with van der Waals surface area (Å²) in [6.07, 6.45) is 6.92. The van der Waals surface area contributed by atoms with Crippen LogP contribution in [0.4, 0.5) is 0 Å². The predicted octanol–water partition coefficient (Wildman–Crippen LogP) is 12.1. The zero-order valence-corrected chi connectivity index (χ0v) is 40.1. The van der Waals surface area contributed by atoms with Gasteiger partial charge in [0.1, 0.15) is 0 Å². The van der Waals surface area contributed by atoms with Crippen molar-refractivity contribution in [2.75, 3.05) is 0 Å². The van der Waals surface area contributed by atoms with Gasteiger partial charge in [-0.3, -0.25) is 4.79 Å². The summed E-state index contributed by atoms with van der Waals surface area (Å²) in [6, 6.07) is 22.0. The first-order chi connectivity index (χ1) is 23.6. The number of hydrogen-bond donors (Lipinski definition) is 1. The zero-order chi connectivity index (χ0) is 36.6. The van der Waals surface area contributed by atoms with Crippen LogP contribution in [0, 0.1) is 17.9 Å². The Hall–Kier alpha value is -1.76. The summed E-state index contributed by atoms with van der Waals surface area (Å²) in [4.78, 5) is 16.7. The molecule has 0 saturated carbocycles. The second-order valence-corrected chi connectivity index (χ2v) is 37.8. The van der Waals surface area contributed by atoms with Crippen LogP contribution in [-0.2, 0) is 30.3 Å². The molecule has 0 fully saturated rings. The van der Waals surface area contributed by atoms with Crippen molar-refractivity contribution in [3.8, 4) is 11.3 Å². The molecule has 0 saturated heterocycles. The first-order valence-corrected chi connectivity index (χ1v) is 33.1. The molecule has 0 bridgehead atoms. The fraction of sp³-hybridized carbons (Fsp3) is 0.455. The number of aromatic nitrogens is 1. The van der Waals surface area contributed by atoms with Crippen LogP contribution in [0.15, 0.2) is 66.6 Å². The van der Waals surface area contributed by atoms with E-state index < -0.39 is 26.5 Å². The number of aliphatic hydroxyl groups is 1. The molecule has 1 aliphatic heterocycles. The third-order valence-electron chi connectivity index (χ3n) is 11.3. The molecule has 0 atom stereocenters. The second-order valence-electron chi connectivity index (χ2n) is 16.7. The maximum absolute atomic E-state index is 11.7. The molecule has 5 aromatic rings. The molecule has 1 radical (unpaired) electrons. The Labute approximate surface area is 330 Å². The van der Waals surface area contributed by atoms with Gasteiger partial charge in [-0.15, -0.1) is 0 Å². The van der Waals surface area contributed by atoms with Crippen LogP contribution in [0.2, 0.25) is 33.5 Å². The SMILES string of the molecule is CC(C)(C)c1cc(-c2nccc3c2sc2[c]4[c](ccc23)[Ge]([CH3])([CH3])[CH2][CH2][Ge]4([CH3])[CH3])[c-]c2ccccc12.CCC(CC)C(=O)/C=C(\O)C(CC)CC.[Ir]. The van der Waals surface area contributed by atoms with Gasteiger partial charge in [-0.2, -0.15) is 0 Å². The van der Waals surface area contributed by atoms with Gasteiger partial charge in [0.15, 0.2) is 5.78 Å². The summed E-state index contributed by atoms with van der Waals surface area (Å²) in [6.45, 7) is 15.0. The summed E-state index contributed by atoms with van der Waals surface area (Å²) >= 11 is -1.98. The molecular weight excluding hydrogens is 944 g/mol. The van der Waals surface area contributed by atoms with E-state index in [0.29, 0.717) is 0 Å². The third-order valence-corrected chi connectivity index (χ3v) is 30.3. The predicted molar refractivity (Wildman–Crippen MR) is 225 cm³/mol. The number of nitrogens with zero attached hydrogens (tertiary/aromatic N) is 1. The van der Waals surface area contributed by atoms with Gasteiger partial charge in [0.25, 0.3) is 0 Å². The molecule has 0 aliphatic carbocycles. The van der Waals surface area contributed by atoms with Gasteiger partial charge >= 0.3 is 220 Å². The monoisotopic (exact) mass is 1010 g/mol. The van der Waals surface area contributed by atoms with E-state index in [0.717, 1.165) is 36.9 Å². The van der Waals surface area contributed by atoms with Crippen molar-refractivity contribution < 1.29 is 30.0 Å². The Morgan fingerprint density at radius 3 is 2.10 bits per heavy atom. The molecule has 275 valence electrons. The maximum Gasteiger partial charge on any atom is 0.162 e. The summed E-state index contributed by atoms with van der Waals surface area (Å²) in [5.74, 6) is 11.1. The molecule has 1 aliphatic rings. The first kappa shape index (κ1) is 42.0. The molecule has 3 aromatic carbocycles. The number of thiophene rings is 1. The number of pyridine rings is 1. The third kappa shape index (κ3) is 8.64. The van der Waals surface area contributed by atoms with Crippen molar-refractivity contribution in [3.05, 3.63) is 78.2 Å². The molecule has 3 nitrogen and oxygen atoms in total. The van der Waals surface area contributed by atoms with Crippen LogP contribution in [0.5, 0.6) is 0 Å². The summed E-state index contributed by atoms with van der Waals surface area (Å²) in [5, 5.41) is 18.0. The molecule has 0 amide bonds. The van der Waals surface area contributed by atoms with Gasteiger partial charge in [-0.05, 0) is 25.7 Å². The van der Waals surface area contributed by atoms with E-state index in [9.17, 15) is 9.90 Å². The van der Waals surface area contributed by atoms with Crippen molar-refractivity contribution in [1.29, 1.82) is 0 Å². The standard InChI is InChI=1S/C31H34Ge2NS.C13H24O2.Ir/c1-31(2,3)25-19-21(18-20-10-8-9-11-22(20)25)28-30-24(14-17-34-28)23-12-13-26-27(29(23)35-30)33(6,7)16-15-32(26,4)5;1-5-10(6-2)12(14)9-13(15)11(7-3)8-4;/h8-14,17,19H,15-16H2,1-7H3;9-11,14H,5-8H2,1-4H3;/q-1;;/b;12-9-;. The Morgan fingerprint density at radius 1 is 0.863 bits per heavy atom. The van der Waals surface area contributed by atoms with E-state index in [1.807, 2.05) is 49.6 Å². The van der Waals surface area contributed by atoms with E-state index in [-0.39, 0.29) is 48.9 Å². The van der Waals surface area contributed by atoms with Crippen LogP contribution < -0.4 is 8.79 Å². The minimum Gasteiger partial charge on any atom is -0.512 e. The van der Waals surface area contributed by atoms with Crippen molar-refractivity contribution >= 4 is 83.4 Å². The molecule has 51 heavy (non-hydrogen) atoms. The smallest absolute Gasteiger partial charge is 0.162 e. The van der Waals surface area contributed by atoms with Crippen LogP contribution >= 0.6 is 11.3 Å². The number of allylic oxidation sites excluding steroid dienone is 2. The molecule has 1 N–H and O–H groups in total. The quantitative estimate of drug-likeness (QED) is 0.0729. The van der Waals surface area contributed by atoms with E-state index in [4.69, 9.17) is 4.98 Å². The number of carbonyl (C=O) groups is 1. The van der Waals surface area contributed by atoms with Gasteiger partial charge in [0.2, 0.25) is 0 Å². The minimum absolute atomic E-state index is 0. The van der Waals surface area contributed by atoms with Gasteiger partial charge < -0.3 is 5.11 Å². The average molecular weight is 1000 g/mol. The normalized spacial score (nSPS) is 15.5. The van der Waals surface area contributed by atoms with E-state index in [1.54, 1.807) is 9.10 Å². The van der Waals surface area contributed by atoms with Crippen LogP contribution in [0.25, 0.3) is 42.2 Å². The van der Waals surface area contributed by atoms with Gasteiger partial charge in [-0.25, -0.2) is 0 Å². The largest absolute Gasteiger partial charge is 0.512 e. The number of rotatable bonds is 8. The Bertz CT molecular complexity index is 2050. The summed E-state index contributed by atoms with van der Waals surface area (Å²) < 4.78 is 6.52. The van der Waals surface area contributed by atoms with E-state index >= 15 is 0 Å². The molecule has 2 aromatic heterocycles. The van der Waals surface area contributed by atoms with Crippen LogP contribution in [0.3, 0.4) is 0 Å². The van der Waals surface area contributed by atoms with Crippen LogP contribution in [0.1, 0.15) is 79.7 Å². The van der Waals surface area contributed by atoms with Crippen molar-refractivity contribution in [2.45, 2.75) is 113 Å². The van der Waals surface area contributed by atoms with Crippen LogP contribution in [-0.4, -0.2) is 42.4 Å². The topological polar surface area (TPSA) is 50.2 Å². The number of hydrogen-bond acceptors (Lipinski definition) is 4. The van der Waals surface area contributed by atoms with Crippen molar-refractivity contribution in [2.24, 2.45) is 11.8 Å². The van der Waals surface area contributed by atoms with E-state index in [2.05, 4.69) is 98.4 Å². The Morgan fingerprint density at radius 2 is 1.47 bits per heavy atom. The summed E-state index contributed by atoms with van der Waals surface area (Å²) in [5.41, 5.74) is 3.63. The number of benzene rings is 3. The molecular formula is C44H58Ge2IrNO2S-. The van der Waals surface area contributed by atoms with Crippen molar-refractivity contribution in [3.63, 3.8) is 0 Å². The van der Waals surface area contributed by atoms with Crippen molar-refractivity contribution in [1.82, 2.24) is 4.98 Å². The molecule has 3 heterocycles. The fourth-order valence-electron chi connectivity index (χ4n) is 7.84. The van der Waals surface area contributed by atoms with Gasteiger partial charge in [-0.1, -0.05) is 27.7 Å².